The summed E-state index contributed by atoms with van der Waals surface area (Å²) in [7, 11) is 4.15. The summed E-state index contributed by atoms with van der Waals surface area (Å²) in [6, 6.07) is 3.64. The highest BCUT2D eigenvalue weighted by Gasteiger charge is 2.28. The molecule has 118 valence electrons. The highest BCUT2D eigenvalue weighted by Crippen LogP contribution is 2.29. The number of hydrogen-bond donors (Lipinski definition) is 1. The van der Waals surface area contributed by atoms with E-state index in [2.05, 4.69) is 23.9 Å². The molecule has 0 bridgehead atoms. The van der Waals surface area contributed by atoms with Crippen LogP contribution in [0.2, 0.25) is 0 Å². The molecule has 0 aromatic heterocycles. The van der Waals surface area contributed by atoms with Gasteiger partial charge >= 0.3 is 0 Å². The molecule has 1 aliphatic heterocycles. The van der Waals surface area contributed by atoms with Crippen molar-refractivity contribution in [2.75, 3.05) is 40.3 Å². The van der Waals surface area contributed by atoms with Crippen LogP contribution in [-0.2, 0) is 0 Å². The molecule has 1 atom stereocenters. The van der Waals surface area contributed by atoms with Gasteiger partial charge < -0.3 is 10.6 Å². The maximum Gasteiger partial charge on any atom is 0.130 e. The van der Waals surface area contributed by atoms with Crippen LogP contribution >= 0.6 is 0 Å². The van der Waals surface area contributed by atoms with Gasteiger partial charge in [-0.1, -0.05) is 6.07 Å². The molecule has 1 aliphatic rings. The van der Waals surface area contributed by atoms with Crippen molar-refractivity contribution in [2.45, 2.75) is 18.9 Å². The average Bonchev–Trinajstić information content (AvgIpc) is 2.44. The molecular weight excluding hydrogens is 272 g/mol. The Morgan fingerprint density at radius 3 is 2.29 bits per heavy atom. The zero-order chi connectivity index (χ0) is 15.4. The second kappa shape index (κ2) is 7.29. The number of likely N-dealkylation sites (tertiary alicyclic amines) is 1. The van der Waals surface area contributed by atoms with Crippen molar-refractivity contribution >= 4 is 0 Å². The molecule has 2 rings (SSSR count). The lowest BCUT2D eigenvalue weighted by molar-refractivity contribution is 0.119. The van der Waals surface area contributed by atoms with E-state index in [1.165, 1.54) is 18.2 Å². The normalized spacial score (nSPS) is 19.1. The lowest BCUT2D eigenvalue weighted by Gasteiger charge is -2.38. The number of hydrogen-bond acceptors (Lipinski definition) is 3. The van der Waals surface area contributed by atoms with E-state index >= 15 is 0 Å². The van der Waals surface area contributed by atoms with Gasteiger partial charge in [-0.25, -0.2) is 8.78 Å². The Balaban J connectivity index is 2.06. The largest absolute Gasteiger partial charge is 0.329 e. The van der Waals surface area contributed by atoms with E-state index in [9.17, 15) is 8.78 Å². The van der Waals surface area contributed by atoms with Crippen LogP contribution in [0.25, 0.3) is 0 Å². The Kier molecular flexibility index (Phi) is 5.67. The van der Waals surface area contributed by atoms with Crippen molar-refractivity contribution in [3.05, 3.63) is 35.4 Å². The van der Waals surface area contributed by atoms with Crippen LogP contribution in [0.5, 0.6) is 0 Å². The Bertz CT molecular complexity index is 437. The quantitative estimate of drug-likeness (QED) is 0.904. The second-order valence-corrected chi connectivity index (χ2v) is 6.13. The summed E-state index contributed by atoms with van der Waals surface area (Å²) in [5.41, 5.74) is 5.92. The zero-order valence-electron chi connectivity index (χ0n) is 12.9. The Labute approximate surface area is 125 Å². The molecule has 1 heterocycles. The van der Waals surface area contributed by atoms with Crippen molar-refractivity contribution in [1.82, 2.24) is 9.80 Å². The van der Waals surface area contributed by atoms with E-state index in [1.807, 2.05) is 0 Å². The van der Waals surface area contributed by atoms with Gasteiger partial charge in [-0.05, 0) is 58.1 Å². The minimum absolute atomic E-state index is 0.117. The van der Waals surface area contributed by atoms with E-state index in [0.717, 1.165) is 32.5 Å². The number of benzene rings is 1. The van der Waals surface area contributed by atoms with Gasteiger partial charge in [0.2, 0.25) is 0 Å². The highest BCUT2D eigenvalue weighted by atomic mass is 19.1. The number of piperidine rings is 1. The molecule has 0 radical (unpaired) electrons. The van der Waals surface area contributed by atoms with E-state index in [-0.39, 0.29) is 18.2 Å². The van der Waals surface area contributed by atoms with Gasteiger partial charge in [-0.15, -0.1) is 0 Å². The molecule has 0 saturated carbocycles. The standard InChI is InChI=1S/C16H25F2N3/c1-20(2)11-12-6-8-21(9-7-12)15(10-19)16-13(17)4-3-5-14(16)18/h3-5,12,15H,6-11,19H2,1-2H3. The molecule has 1 saturated heterocycles. The van der Waals surface area contributed by atoms with E-state index in [4.69, 9.17) is 5.73 Å². The number of halogens is 2. The lowest BCUT2D eigenvalue weighted by atomic mass is 9.93. The maximum atomic E-state index is 14.0. The van der Waals surface area contributed by atoms with Crippen LogP contribution in [0.15, 0.2) is 18.2 Å². The second-order valence-electron chi connectivity index (χ2n) is 6.13. The summed E-state index contributed by atoms with van der Waals surface area (Å²) in [5.74, 6) is -0.345. The summed E-state index contributed by atoms with van der Waals surface area (Å²) in [6.07, 6.45) is 2.09. The van der Waals surface area contributed by atoms with Crippen LogP contribution in [0.3, 0.4) is 0 Å². The van der Waals surface area contributed by atoms with Gasteiger partial charge in [-0.3, -0.25) is 4.90 Å². The van der Waals surface area contributed by atoms with Crippen LogP contribution in [0.4, 0.5) is 8.78 Å². The van der Waals surface area contributed by atoms with Gasteiger partial charge in [0, 0.05) is 18.7 Å². The number of nitrogens with two attached hydrogens (primary N) is 1. The molecule has 2 N–H and O–H groups in total. The summed E-state index contributed by atoms with van der Waals surface area (Å²) < 4.78 is 27.9. The fourth-order valence-electron chi connectivity index (χ4n) is 3.24. The van der Waals surface area contributed by atoms with Crippen molar-refractivity contribution < 1.29 is 8.78 Å². The predicted molar refractivity (Wildman–Crippen MR) is 81.0 cm³/mol. The molecule has 1 aromatic carbocycles. The molecule has 3 nitrogen and oxygen atoms in total. The van der Waals surface area contributed by atoms with Crippen molar-refractivity contribution in [3.63, 3.8) is 0 Å². The highest BCUT2D eigenvalue weighted by molar-refractivity contribution is 5.24. The summed E-state index contributed by atoms with van der Waals surface area (Å²) >= 11 is 0. The third-order valence-electron chi connectivity index (χ3n) is 4.27. The van der Waals surface area contributed by atoms with Crippen molar-refractivity contribution in [3.8, 4) is 0 Å². The zero-order valence-corrected chi connectivity index (χ0v) is 12.9. The Morgan fingerprint density at radius 2 is 1.81 bits per heavy atom. The Morgan fingerprint density at radius 1 is 1.24 bits per heavy atom. The first-order valence-electron chi connectivity index (χ1n) is 7.55. The lowest BCUT2D eigenvalue weighted by Crippen LogP contribution is -2.42. The average molecular weight is 297 g/mol. The number of nitrogens with zero attached hydrogens (tertiary/aromatic N) is 2. The molecule has 21 heavy (non-hydrogen) atoms. The summed E-state index contributed by atoms with van der Waals surface area (Å²) in [4.78, 5) is 4.31. The fraction of sp³-hybridized carbons (Fsp3) is 0.625. The first-order chi connectivity index (χ1) is 10.0. The van der Waals surface area contributed by atoms with Crippen molar-refractivity contribution in [1.29, 1.82) is 0 Å². The predicted octanol–water partition coefficient (Wildman–Crippen LogP) is 2.24. The van der Waals surface area contributed by atoms with E-state index in [0.29, 0.717) is 5.92 Å². The van der Waals surface area contributed by atoms with Gasteiger partial charge in [0.1, 0.15) is 11.6 Å². The third kappa shape index (κ3) is 3.99. The van der Waals surface area contributed by atoms with Gasteiger partial charge in [0.05, 0.1) is 6.04 Å². The smallest absolute Gasteiger partial charge is 0.130 e. The van der Waals surface area contributed by atoms with E-state index in [1.54, 1.807) is 0 Å². The van der Waals surface area contributed by atoms with Crippen LogP contribution in [-0.4, -0.2) is 50.1 Å². The molecule has 0 spiro atoms. The van der Waals surface area contributed by atoms with E-state index < -0.39 is 11.6 Å². The third-order valence-corrected chi connectivity index (χ3v) is 4.27. The summed E-state index contributed by atoms with van der Waals surface area (Å²) in [6.45, 7) is 2.98. The molecule has 0 amide bonds. The number of rotatable bonds is 5. The van der Waals surface area contributed by atoms with Gasteiger partial charge in [0.15, 0.2) is 0 Å². The first kappa shape index (κ1) is 16.3. The fourth-order valence-corrected chi connectivity index (χ4v) is 3.24. The van der Waals surface area contributed by atoms with Crippen molar-refractivity contribution in [2.24, 2.45) is 11.7 Å². The molecule has 1 unspecified atom stereocenters. The van der Waals surface area contributed by atoms with Crippen LogP contribution in [0.1, 0.15) is 24.4 Å². The monoisotopic (exact) mass is 297 g/mol. The Hall–Kier alpha value is -1.04. The van der Waals surface area contributed by atoms with Gasteiger partial charge in [-0.2, -0.15) is 0 Å². The molecule has 5 heteroatoms. The van der Waals surface area contributed by atoms with Crippen LogP contribution in [0, 0.1) is 17.6 Å². The van der Waals surface area contributed by atoms with Crippen LogP contribution < -0.4 is 5.73 Å². The summed E-state index contributed by atoms with van der Waals surface area (Å²) in [5, 5.41) is 0. The van der Waals surface area contributed by atoms with Gasteiger partial charge in [0.25, 0.3) is 0 Å². The topological polar surface area (TPSA) is 32.5 Å². The first-order valence-corrected chi connectivity index (χ1v) is 7.55. The maximum absolute atomic E-state index is 14.0. The molecular formula is C16H25F2N3. The minimum Gasteiger partial charge on any atom is -0.329 e. The molecule has 1 fully saturated rings. The minimum atomic E-state index is -0.499. The molecule has 0 aliphatic carbocycles. The SMILES string of the molecule is CN(C)CC1CCN(C(CN)c2c(F)cccc2F)CC1. The molecule has 1 aromatic rings.